The first kappa shape index (κ1) is 21.5. The molecule has 2 aliphatic rings. The first-order chi connectivity index (χ1) is 15.1. The van der Waals surface area contributed by atoms with E-state index in [0.717, 1.165) is 4.90 Å². The molecule has 1 aromatic carbocycles. The average Bonchev–Trinajstić information content (AvgIpc) is 2.76. The van der Waals surface area contributed by atoms with E-state index in [0.29, 0.717) is 18.2 Å². The molecule has 0 saturated carbocycles. The molecule has 13 heteroatoms. The van der Waals surface area contributed by atoms with Crippen molar-refractivity contribution in [3.8, 4) is 0 Å². The third kappa shape index (κ3) is 3.69. The van der Waals surface area contributed by atoms with Gasteiger partial charge in [0.05, 0.1) is 23.4 Å². The van der Waals surface area contributed by atoms with Crippen molar-refractivity contribution in [3.05, 3.63) is 46.9 Å². The zero-order valence-corrected chi connectivity index (χ0v) is 16.5. The van der Waals surface area contributed by atoms with E-state index >= 15 is 0 Å². The summed E-state index contributed by atoms with van der Waals surface area (Å²) in [6.07, 6.45) is -4.85. The second kappa shape index (κ2) is 7.73. The third-order valence-electron chi connectivity index (χ3n) is 5.25. The van der Waals surface area contributed by atoms with Crippen LogP contribution < -0.4 is 15.5 Å². The standard InChI is InChI=1S/C19H16F4N6O3/c1-24-16(30)13-7-12-15(27-26-13)29-5-4-28(8-14(29)17(31)25-12)18(32)10-6-9(20)2-3-11(10)19(21,22)23/h2-3,6-7,14H,4-5,8H2,1H3,(H,24,30)(H,25,31). The van der Waals surface area contributed by atoms with Crippen LogP contribution in [0.3, 0.4) is 0 Å². The van der Waals surface area contributed by atoms with Gasteiger partial charge in [0.25, 0.3) is 11.8 Å². The lowest BCUT2D eigenvalue weighted by Gasteiger charge is -2.43. The summed E-state index contributed by atoms with van der Waals surface area (Å²) in [5.41, 5.74) is -1.83. The monoisotopic (exact) mass is 452 g/mol. The highest BCUT2D eigenvalue weighted by atomic mass is 19.4. The molecule has 168 valence electrons. The van der Waals surface area contributed by atoms with Crippen molar-refractivity contribution in [1.29, 1.82) is 0 Å². The maximum absolute atomic E-state index is 13.6. The van der Waals surface area contributed by atoms with Gasteiger partial charge in [0.1, 0.15) is 11.9 Å². The predicted molar refractivity (Wildman–Crippen MR) is 102 cm³/mol. The Morgan fingerprint density at radius 2 is 1.94 bits per heavy atom. The lowest BCUT2D eigenvalue weighted by molar-refractivity contribution is -0.138. The first-order valence-electron chi connectivity index (χ1n) is 9.43. The molecule has 2 aliphatic heterocycles. The second-order valence-electron chi connectivity index (χ2n) is 7.18. The number of nitrogens with zero attached hydrogens (tertiary/aromatic N) is 4. The van der Waals surface area contributed by atoms with E-state index in [1.54, 1.807) is 4.90 Å². The fraction of sp³-hybridized carbons (Fsp3) is 0.316. The summed E-state index contributed by atoms with van der Waals surface area (Å²) in [7, 11) is 1.41. The van der Waals surface area contributed by atoms with Crippen LogP contribution in [0, 0.1) is 5.82 Å². The van der Waals surface area contributed by atoms with Crippen LogP contribution in [0.5, 0.6) is 0 Å². The molecule has 3 amide bonds. The maximum Gasteiger partial charge on any atom is 0.417 e. The van der Waals surface area contributed by atoms with Crippen LogP contribution in [-0.4, -0.2) is 65.5 Å². The van der Waals surface area contributed by atoms with Crippen molar-refractivity contribution in [2.24, 2.45) is 0 Å². The van der Waals surface area contributed by atoms with Crippen LogP contribution in [0.15, 0.2) is 24.3 Å². The quantitative estimate of drug-likeness (QED) is 0.665. The van der Waals surface area contributed by atoms with E-state index in [1.165, 1.54) is 13.1 Å². The fourth-order valence-electron chi connectivity index (χ4n) is 3.70. The highest BCUT2D eigenvalue weighted by Gasteiger charge is 2.42. The van der Waals surface area contributed by atoms with Crippen molar-refractivity contribution in [1.82, 2.24) is 20.4 Å². The number of nitrogens with one attached hydrogen (secondary N) is 2. The van der Waals surface area contributed by atoms with Crippen molar-refractivity contribution in [2.75, 3.05) is 36.9 Å². The topological polar surface area (TPSA) is 108 Å². The summed E-state index contributed by atoms with van der Waals surface area (Å²) in [6.45, 7) is -0.201. The van der Waals surface area contributed by atoms with Gasteiger partial charge in [0, 0.05) is 20.1 Å². The Bertz CT molecular complexity index is 1120. The van der Waals surface area contributed by atoms with Gasteiger partial charge in [0.15, 0.2) is 11.5 Å². The number of carbonyl (C=O) groups is 3. The number of hydrogen-bond acceptors (Lipinski definition) is 6. The molecular weight excluding hydrogens is 436 g/mol. The lowest BCUT2D eigenvalue weighted by Crippen LogP contribution is -2.61. The molecule has 4 rings (SSSR count). The molecule has 1 saturated heterocycles. The van der Waals surface area contributed by atoms with Crippen LogP contribution in [0.1, 0.15) is 26.4 Å². The second-order valence-corrected chi connectivity index (χ2v) is 7.18. The zero-order valence-electron chi connectivity index (χ0n) is 16.5. The molecule has 0 bridgehead atoms. The van der Waals surface area contributed by atoms with Gasteiger partial charge >= 0.3 is 6.18 Å². The minimum Gasteiger partial charge on any atom is -0.354 e. The van der Waals surface area contributed by atoms with E-state index in [9.17, 15) is 31.9 Å². The average molecular weight is 452 g/mol. The number of benzene rings is 1. The van der Waals surface area contributed by atoms with Gasteiger partial charge < -0.3 is 20.4 Å². The number of fused-ring (bicyclic) bond motifs is 3. The maximum atomic E-state index is 13.6. The highest BCUT2D eigenvalue weighted by Crippen LogP contribution is 2.35. The van der Waals surface area contributed by atoms with Crippen LogP contribution in [-0.2, 0) is 11.0 Å². The number of amides is 3. The first-order valence-corrected chi connectivity index (χ1v) is 9.43. The Balaban J connectivity index is 1.61. The highest BCUT2D eigenvalue weighted by molar-refractivity contribution is 6.05. The Morgan fingerprint density at radius 1 is 1.19 bits per heavy atom. The van der Waals surface area contributed by atoms with Crippen molar-refractivity contribution < 1.29 is 31.9 Å². The van der Waals surface area contributed by atoms with Gasteiger partial charge in [0.2, 0.25) is 5.91 Å². The Morgan fingerprint density at radius 3 is 2.62 bits per heavy atom. The van der Waals surface area contributed by atoms with Gasteiger partial charge in [-0.15, -0.1) is 10.2 Å². The smallest absolute Gasteiger partial charge is 0.354 e. The number of hydrogen-bond donors (Lipinski definition) is 2. The molecule has 1 atom stereocenters. The summed E-state index contributed by atoms with van der Waals surface area (Å²) in [5.74, 6) is -2.76. The van der Waals surface area contributed by atoms with Crippen LogP contribution >= 0.6 is 0 Å². The van der Waals surface area contributed by atoms with Crippen LogP contribution in [0.4, 0.5) is 29.1 Å². The molecule has 9 nitrogen and oxygen atoms in total. The van der Waals surface area contributed by atoms with Crippen molar-refractivity contribution in [2.45, 2.75) is 12.2 Å². The van der Waals surface area contributed by atoms with Gasteiger partial charge in [-0.3, -0.25) is 14.4 Å². The summed E-state index contributed by atoms with van der Waals surface area (Å²) >= 11 is 0. The van der Waals surface area contributed by atoms with E-state index in [4.69, 9.17) is 0 Å². The third-order valence-corrected chi connectivity index (χ3v) is 5.25. The van der Waals surface area contributed by atoms with Gasteiger partial charge in [-0.25, -0.2) is 4.39 Å². The SMILES string of the molecule is CNC(=O)c1cc2c(nn1)N1CCN(C(=O)c3cc(F)ccc3C(F)(F)F)CC1C(=O)N2. The molecule has 0 spiro atoms. The molecule has 2 aromatic rings. The van der Waals surface area contributed by atoms with Crippen LogP contribution in [0.25, 0.3) is 0 Å². The molecular formula is C19H16F4N6O3. The Labute approximate surface area is 178 Å². The summed E-state index contributed by atoms with van der Waals surface area (Å²) in [5, 5.41) is 12.8. The van der Waals surface area contributed by atoms with Crippen molar-refractivity contribution >= 4 is 29.2 Å². The molecule has 0 aliphatic carbocycles. The van der Waals surface area contributed by atoms with E-state index in [2.05, 4.69) is 20.8 Å². The van der Waals surface area contributed by atoms with E-state index in [1.807, 2.05) is 0 Å². The minimum atomic E-state index is -4.85. The predicted octanol–water partition coefficient (Wildman–Crippen LogP) is 1.28. The zero-order chi connectivity index (χ0) is 23.2. The Hall–Kier alpha value is -3.77. The molecule has 2 N–H and O–H groups in total. The van der Waals surface area contributed by atoms with E-state index in [-0.39, 0.29) is 36.8 Å². The number of carbonyl (C=O) groups excluding carboxylic acids is 3. The van der Waals surface area contributed by atoms with Gasteiger partial charge in [-0.05, 0) is 24.3 Å². The molecule has 32 heavy (non-hydrogen) atoms. The van der Waals surface area contributed by atoms with Crippen LogP contribution in [0.2, 0.25) is 0 Å². The number of alkyl halides is 3. The van der Waals surface area contributed by atoms with E-state index < -0.39 is 46.9 Å². The van der Waals surface area contributed by atoms with Gasteiger partial charge in [-0.1, -0.05) is 0 Å². The summed E-state index contributed by atoms with van der Waals surface area (Å²) in [4.78, 5) is 39.9. The largest absolute Gasteiger partial charge is 0.417 e. The summed E-state index contributed by atoms with van der Waals surface area (Å²) < 4.78 is 53.5. The number of rotatable bonds is 2. The number of piperazine rings is 1. The molecule has 1 aromatic heterocycles. The number of halogens is 4. The molecule has 0 radical (unpaired) electrons. The normalized spacial score (nSPS) is 17.9. The fourth-order valence-corrected chi connectivity index (χ4v) is 3.70. The minimum absolute atomic E-state index is 0.00963. The molecule has 3 heterocycles. The lowest BCUT2D eigenvalue weighted by atomic mass is 10.0. The Kier molecular flexibility index (Phi) is 5.18. The molecule has 1 fully saturated rings. The van der Waals surface area contributed by atoms with Gasteiger partial charge in [-0.2, -0.15) is 13.2 Å². The summed E-state index contributed by atoms with van der Waals surface area (Å²) in [6, 6.07) is 2.11. The number of aromatic nitrogens is 2. The molecule has 1 unspecified atom stereocenters. The van der Waals surface area contributed by atoms with Crippen molar-refractivity contribution in [3.63, 3.8) is 0 Å². The number of anilines is 2.